The van der Waals surface area contributed by atoms with E-state index < -0.39 is 0 Å². The van der Waals surface area contributed by atoms with Crippen LogP contribution in [0.1, 0.15) is 30.9 Å². The molecule has 0 amide bonds. The van der Waals surface area contributed by atoms with E-state index in [1.807, 2.05) is 30.3 Å². The zero-order chi connectivity index (χ0) is 15.1. The van der Waals surface area contributed by atoms with E-state index in [0.717, 1.165) is 48.0 Å². The minimum absolute atomic E-state index is 0.770. The smallest absolute Gasteiger partial charge is 0.119 e. The second-order valence-corrected chi connectivity index (χ2v) is 5.60. The summed E-state index contributed by atoms with van der Waals surface area (Å²) in [4.78, 5) is 0. The van der Waals surface area contributed by atoms with Gasteiger partial charge in [0.1, 0.15) is 5.75 Å². The summed E-state index contributed by atoms with van der Waals surface area (Å²) in [7, 11) is 0. The number of anilines is 1. The summed E-state index contributed by atoms with van der Waals surface area (Å²) in [5.41, 5.74) is 3.50. The van der Waals surface area contributed by atoms with Crippen molar-refractivity contribution >= 4 is 17.3 Å². The molecule has 0 fully saturated rings. The van der Waals surface area contributed by atoms with Crippen LogP contribution in [0.3, 0.4) is 0 Å². The first-order chi connectivity index (χ1) is 10.2. The van der Waals surface area contributed by atoms with Crippen LogP contribution in [-0.4, -0.2) is 6.61 Å². The molecule has 0 saturated carbocycles. The van der Waals surface area contributed by atoms with Crippen LogP contribution in [0.25, 0.3) is 0 Å². The summed E-state index contributed by atoms with van der Waals surface area (Å²) >= 11 is 5.96. The van der Waals surface area contributed by atoms with Crippen molar-refractivity contribution in [1.29, 1.82) is 0 Å². The minimum atomic E-state index is 0.770. The van der Waals surface area contributed by atoms with Gasteiger partial charge in [0.15, 0.2) is 0 Å². The van der Waals surface area contributed by atoms with Gasteiger partial charge in [0, 0.05) is 17.3 Å². The normalized spacial score (nSPS) is 10.4. The van der Waals surface area contributed by atoms with Crippen LogP contribution in [0.5, 0.6) is 5.75 Å². The molecule has 3 heteroatoms. The summed E-state index contributed by atoms with van der Waals surface area (Å²) in [5, 5.41) is 4.20. The van der Waals surface area contributed by atoms with Crippen molar-refractivity contribution < 1.29 is 4.74 Å². The van der Waals surface area contributed by atoms with Gasteiger partial charge in [0.2, 0.25) is 0 Å². The fraction of sp³-hybridized carbons (Fsp3) is 0.333. The van der Waals surface area contributed by atoms with Crippen molar-refractivity contribution in [2.45, 2.75) is 33.2 Å². The zero-order valence-electron chi connectivity index (χ0n) is 12.7. The van der Waals surface area contributed by atoms with Gasteiger partial charge in [-0.2, -0.15) is 0 Å². The van der Waals surface area contributed by atoms with Gasteiger partial charge < -0.3 is 10.1 Å². The lowest BCUT2D eigenvalue weighted by atomic mass is 10.1. The van der Waals surface area contributed by atoms with Gasteiger partial charge in [-0.15, -0.1) is 0 Å². The molecule has 0 spiro atoms. The van der Waals surface area contributed by atoms with Crippen molar-refractivity contribution in [3.8, 4) is 5.75 Å². The van der Waals surface area contributed by atoms with Gasteiger partial charge in [-0.25, -0.2) is 0 Å². The highest BCUT2D eigenvalue weighted by Gasteiger charge is 2.00. The van der Waals surface area contributed by atoms with Crippen LogP contribution < -0.4 is 10.1 Å². The molecule has 2 aromatic carbocycles. The van der Waals surface area contributed by atoms with E-state index in [-0.39, 0.29) is 0 Å². The molecule has 0 aliphatic rings. The molecule has 2 aromatic rings. The molecule has 0 aliphatic carbocycles. The number of hydrogen-bond acceptors (Lipinski definition) is 2. The average Bonchev–Trinajstić information content (AvgIpc) is 2.48. The van der Waals surface area contributed by atoms with Crippen molar-refractivity contribution in [3.05, 3.63) is 58.6 Å². The number of hydrogen-bond donors (Lipinski definition) is 1. The minimum Gasteiger partial charge on any atom is -0.494 e. The fourth-order valence-corrected chi connectivity index (χ4v) is 2.29. The van der Waals surface area contributed by atoms with Gasteiger partial charge in [0.25, 0.3) is 0 Å². The van der Waals surface area contributed by atoms with Crippen LogP contribution >= 0.6 is 11.6 Å². The standard InChI is InChI=1S/C18H22ClNO/c1-3-4-11-21-17-8-5-15(6-9-17)13-20-18-10-7-16(19)12-14(18)2/h5-10,12,20H,3-4,11,13H2,1-2H3. The van der Waals surface area contributed by atoms with Gasteiger partial charge >= 0.3 is 0 Å². The SMILES string of the molecule is CCCCOc1ccc(CNc2ccc(Cl)cc2C)cc1. The summed E-state index contributed by atoms with van der Waals surface area (Å²) < 4.78 is 5.66. The topological polar surface area (TPSA) is 21.3 Å². The maximum Gasteiger partial charge on any atom is 0.119 e. The number of benzene rings is 2. The lowest BCUT2D eigenvalue weighted by molar-refractivity contribution is 0.309. The number of rotatable bonds is 7. The molecule has 21 heavy (non-hydrogen) atoms. The van der Waals surface area contributed by atoms with Crippen molar-refractivity contribution in [1.82, 2.24) is 0 Å². The Balaban J connectivity index is 1.88. The summed E-state index contributed by atoms with van der Waals surface area (Å²) in [6, 6.07) is 14.1. The maximum absolute atomic E-state index is 5.96. The Hall–Kier alpha value is -1.67. The first-order valence-corrected chi connectivity index (χ1v) is 7.78. The van der Waals surface area contributed by atoms with Gasteiger partial charge in [-0.1, -0.05) is 37.1 Å². The monoisotopic (exact) mass is 303 g/mol. The fourth-order valence-electron chi connectivity index (χ4n) is 2.06. The Bertz CT molecular complexity index is 566. The first kappa shape index (κ1) is 15.7. The van der Waals surface area contributed by atoms with E-state index in [9.17, 15) is 0 Å². The number of aryl methyl sites for hydroxylation is 1. The van der Waals surface area contributed by atoms with Gasteiger partial charge in [0.05, 0.1) is 6.61 Å². The molecule has 0 aromatic heterocycles. The highest BCUT2D eigenvalue weighted by molar-refractivity contribution is 6.30. The highest BCUT2D eigenvalue weighted by Crippen LogP contribution is 2.20. The third-order valence-electron chi connectivity index (χ3n) is 3.36. The Labute approximate surface area is 132 Å². The van der Waals surface area contributed by atoms with Crippen LogP contribution in [0.15, 0.2) is 42.5 Å². The Kier molecular flexibility index (Phi) is 5.94. The predicted molar refractivity (Wildman–Crippen MR) is 90.4 cm³/mol. The molecular weight excluding hydrogens is 282 g/mol. The predicted octanol–water partition coefficient (Wildman–Crippen LogP) is 5.44. The van der Waals surface area contributed by atoms with Crippen LogP contribution in [0.2, 0.25) is 5.02 Å². The molecule has 0 aliphatic heterocycles. The largest absolute Gasteiger partial charge is 0.494 e. The van der Waals surface area contributed by atoms with E-state index in [1.165, 1.54) is 5.56 Å². The summed E-state index contributed by atoms with van der Waals surface area (Å²) in [6.07, 6.45) is 2.25. The third-order valence-corrected chi connectivity index (χ3v) is 3.60. The molecule has 0 saturated heterocycles. The van der Waals surface area contributed by atoms with Crippen LogP contribution in [0.4, 0.5) is 5.69 Å². The second kappa shape index (κ2) is 7.94. The average molecular weight is 304 g/mol. The molecule has 0 unspecified atom stereocenters. The van der Waals surface area contributed by atoms with Crippen molar-refractivity contribution in [2.24, 2.45) is 0 Å². The Morgan fingerprint density at radius 3 is 2.52 bits per heavy atom. The molecule has 0 heterocycles. The van der Waals surface area contributed by atoms with E-state index in [2.05, 4.69) is 31.3 Å². The molecule has 1 N–H and O–H groups in total. The molecule has 2 rings (SSSR count). The van der Waals surface area contributed by atoms with E-state index in [0.29, 0.717) is 0 Å². The molecule has 0 bridgehead atoms. The third kappa shape index (κ3) is 4.98. The maximum atomic E-state index is 5.96. The summed E-state index contributed by atoms with van der Waals surface area (Å²) in [6.45, 7) is 5.80. The quantitative estimate of drug-likeness (QED) is 0.688. The Morgan fingerprint density at radius 1 is 1.10 bits per heavy atom. The lowest BCUT2D eigenvalue weighted by Gasteiger charge is -2.11. The first-order valence-electron chi connectivity index (χ1n) is 7.41. The molecule has 2 nitrogen and oxygen atoms in total. The zero-order valence-corrected chi connectivity index (χ0v) is 13.4. The lowest BCUT2D eigenvalue weighted by Crippen LogP contribution is -2.01. The van der Waals surface area contributed by atoms with E-state index in [4.69, 9.17) is 16.3 Å². The summed E-state index contributed by atoms with van der Waals surface area (Å²) in [5.74, 6) is 0.940. The molecule has 0 atom stereocenters. The number of ether oxygens (including phenoxy) is 1. The molecule has 0 radical (unpaired) electrons. The van der Waals surface area contributed by atoms with Crippen LogP contribution in [-0.2, 0) is 6.54 Å². The van der Waals surface area contributed by atoms with Crippen molar-refractivity contribution in [3.63, 3.8) is 0 Å². The second-order valence-electron chi connectivity index (χ2n) is 5.16. The molecule has 112 valence electrons. The van der Waals surface area contributed by atoms with Crippen LogP contribution in [0, 0.1) is 6.92 Å². The molecular formula is C18H22ClNO. The van der Waals surface area contributed by atoms with Crippen molar-refractivity contribution in [2.75, 3.05) is 11.9 Å². The van der Waals surface area contributed by atoms with E-state index >= 15 is 0 Å². The highest BCUT2D eigenvalue weighted by atomic mass is 35.5. The Morgan fingerprint density at radius 2 is 1.86 bits per heavy atom. The number of nitrogens with one attached hydrogen (secondary N) is 1. The number of halogens is 1. The van der Waals surface area contributed by atoms with E-state index in [1.54, 1.807) is 0 Å². The number of unbranched alkanes of at least 4 members (excludes halogenated alkanes) is 1. The van der Waals surface area contributed by atoms with Gasteiger partial charge in [-0.3, -0.25) is 0 Å². The van der Waals surface area contributed by atoms with Gasteiger partial charge in [-0.05, 0) is 54.8 Å².